The lowest BCUT2D eigenvalue weighted by Gasteiger charge is -2.08. The maximum Gasteiger partial charge on any atom is 0.267 e. The lowest BCUT2D eigenvalue weighted by molar-refractivity contribution is 0.103. The zero-order chi connectivity index (χ0) is 20.8. The average Bonchev–Trinajstić information content (AvgIpc) is 3.38. The number of rotatable bonds is 3. The summed E-state index contributed by atoms with van der Waals surface area (Å²) in [7, 11) is 0. The third kappa shape index (κ3) is 3.40. The number of hydrogen-bond donors (Lipinski definition) is 1. The van der Waals surface area contributed by atoms with Crippen LogP contribution in [0.3, 0.4) is 0 Å². The second kappa shape index (κ2) is 7.72. The molecule has 1 N–H and O–H groups in total. The molecule has 1 aliphatic rings. The minimum atomic E-state index is -0.238. The van der Waals surface area contributed by atoms with Gasteiger partial charge in [-0.25, -0.2) is 9.97 Å². The molecule has 0 atom stereocenters. The van der Waals surface area contributed by atoms with Crippen molar-refractivity contribution in [3.8, 4) is 10.6 Å². The molecule has 4 aromatic heterocycles. The molecule has 0 saturated heterocycles. The summed E-state index contributed by atoms with van der Waals surface area (Å²) in [4.78, 5) is 38.9. The van der Waals surface area contributed by atoms with Gasteiger partial charge in [-0.15, -0.1) is 34.0 Å². The van der Waals surface area contributed by atoms with Crippen LogP contribution in [0.1, 0.15) is 45.2 Å². The lowest BCUT2D eigenvalue weighted by Crippen LogP contribution is -2.24. The largest absolute Gasteiger partial charge is 0.297 e. The van der Waals surface area contributed by atoms with E-state index in [-0.39, 0.29) is 11.5 Å². The van der Waals surface area contributed by atoms with Gasteiger partial charge in [0, 0.05) is 23.2 Å². The molecule has 0 bridgehead atoms. The van der Waals surface area contributed by atoms with Gasteiger partial charge < -0.3 is 0 Å². The minimum absolute atomic E-state index is 0.0192. The first-order chi connectivity index (χ1) is 14.5. The van der Waals surface area contributed by atoms with Crippen molar-refractivity contribution in [2.45, 2.75) is 46.1 Å². The van der Waals surface area contributed by atoms with Crippen molar-refractivity contribution < 1.29 is 4.79 Å². The van der Waals surface area contributed by atoms with E-state index in [1.165, 1.54) is 27.6 Å². The number of aryl methyl sites for hydroxylation is 3. The fourth-order valence-electron chi connectivity index (χ4n) is 3.80. The Balaban J connectivity index is 1.47. The fraction of sp³-hybridized carbons (Fsp3) is 0.333. The highest BCUT2D eigenvalue weighted by molar-refractivity contribution is 7.21. The van der Waals surface area contributed by atoms with Crippen LogP contribution in [-0.2, 0) is 13.0 Å². The molecular weight excluding hydrogens is 436 g/mol. The van der Waals surface area contributed by atoms with Crippen molar-refractivity contribution in [3.05, 3.63) is 49.0 Å². The molecule has 30 heavy (non-hydrogen) atoms. The molecule has 0 aliphatic carbocycles. The van der Waals surface area contributed by atoms with Crippen molar-refractivity contribution >= 4 is 55.3 Å². The van der Waals surface area contributed by atoms with E-state index in [1.807, 2.05) is 18.4 Å². The zero-order valence-electron chi connectivity index (χ0n) is 16.7. The number of nitrogens with zero attached hydrogens (tertiary/aromatic N) is 3. The molecule has 154 valence electrons. The summed E-state index contributed by atoms with van der Waals surface area (Å²) < 4.78 is 1.80. The Morgan fingerprint density at radius 2 is 2.00 bits per heavy atom. The van der Waals surface area contributed by atoms with Gasteiger partial charge in [0.25, 0.3) is 11.5 Å². The first-order valence-electron chi connectivity index (χ1n) is 9.88. The topological polar surface area (TPSA) is 76.9 Å². The lowest BCUT2D eigenvalue weighted by atomic mass is 10.2. The summed E-state index contributed by atoms with van der Waals surface area (Å²) in [6.45, 7) is 4.60. The van der Waals surface area contributed by atoms with Crippen LogP contribution in [0.2, 0.25) is 0 Å². The molecule has 0 spiro atoms. The van der Waals surface area contributed by atoms with Gasteiger partial charge in [0.1, 0.15) is 10.7 Å². The van der Waals surface area contributed by atoms with Crippen LogP contribution in [0.25, 0.3) is 20.8 Å². The summed E-state index contributed by atoms with van der Waals surface area (Å²) in [5, 5.41) is 5.98. The Labute approximate surface area is 185 Å². The first-order valence-corrected chi connectivity index (χ1v) is 12.4. The summed E-state index contributed by atoms with van der Waals surface area (Å²) in [5.41, 5.74) is 1.55. The van der Waals surface area contributed by atoms with Crippen LogP contribution < -0.4 is 10.9 Å². The van der Waals surface area contributed by atoms with E-state index >= 15 is 0 Å². The van der Waals surface area contributed by atoms with Gasteiger partial charge >= 0.3 is 0 Å². The molecule has 1 amide bonds. The zero-order valence-corrected chi connectivity index (χ0v) is 19.1. The van der Waals surface area contributed by atoms with Gasteiger partial charge in [-0.05, 0) is 44.4 Å². The van der Waals surface area contributed by atoms with Crippen molar-refractivity contribution in [1.29, 1.82) is 0 Å². The molecule has 4 aromatic rings. The number of fused-ring (bicyclic) bond motifs is 2. The van der Waals surface area contributed by atoms with Gasteiger partial charge in [-0.1, -0.05) is 6.42 Å². The van der Waals surface area contributed by atoms with Crippen molar-refractivity contribution in [2.24, 2.45) is 0 Å². The molecule has 1 aliphatic heterocycles. The van der Waals surface area contributed by atoms with E-state index in [2.05, 4.69) is 23.3 Å². The highest BCUT2D eigenvalue weighted by atomic mass is 32.1. The Morgan fingerprint density at radius 3 is 2.80 bits per heavy atom. The number of carbonyl (C=O) groups is 1. The molecule has 6 nitrogen and oxygen atoms in total. The van der Waals surface area contributed by atoms with Crippen LogP contribution in [0.4, 0.5) is 5.13 Å². The molecule has 5 heterocycles. The van der Waals surface area contributed by atoms with Crippen LogP contribution in [-0.4, -0.2) is 20.4 Å². The number of thiazole rings is 1. The Bertz CT molecular complexity index is 1330. The van der Waals surface area contributed by atoms with Crippen molar-refractivity contribution in [1.82, 2.24) is 14.5 Å². The first kappa shape index (κ1) is 19.6. The van der Waals surface area contributed by atoms with E-state index in [4.69, 9.17) is 4.98 Å². The standard InChI is InChI=1S/C21H20N4O2S3/c1-11-7-8-14(29-11)13-10-28-21(22-13)24-18(26)17-12(2)16-19(30-17)23-15-6-4-3-5-9-25(15)20(16)27/h7-8,10H,3-6,9H2,1-2H3,(H,22,24,26). The van der Waals surface area contributed by atoms with Gasteiger partial charge in [0.15, 0.2) is 5.13 Å². The Hall–Kier alpha value is -2.36. The summed E-state index contributed by atoms with van der Waals surface area (Å²) in [6, 6.07) is 4.10. The van der Waals surface area contributed by atoms with Crippen LogP contribution in [0.5, 0.6) is 0 Å². The number of thiophene rings is 2. The SMILES string of the molecule is Cc1ccc(-c2csc(NC(=O)c3sc4nc5n(c(=O)c4c3C)CCCCC5)n2)s1. The molecule has 0 radical (unpaired) electrons. The molecule has 0 saturated carbocycles. The third-order valence-electron chi connectivity index (χ3n) is 5.34. The van der Waals surface area contributed by atoms with Gasteiger partial charge in [0.05, 0.1) is 20.8 Å². The second-order valence-corrected chi connectivity index (χ2v) is 10.6. The molecule has 5 rings (SSSR count). The average molecular weight is 457 g/mol. The molecular formula is C21H20N4O2S3. The molecule has 9 heteroatoms. The van der Waals surface area contributed by atoms with Crippen molar-refractivity contribution in [3.63, 3.8) is 0 Å². The Morgan fingerprint density at radius 1 is 1.13 bits per heavy atom. The van der Waals surface area contributed by atoms with Crippen molar-refractivity contribution in [2.75, 3.05) is 5.32 Å². The van der Waals surface area contributed by atoms with Gasteiger partial charge in [0.2, 0.25) is 0 Å². The van der Waals surface area contributed by atoms with E-state index in [9.17, 15) is 9.59 Å². The van der Waals surface area contributed by atoms with E-state index in [1.54, 1.807) is 15.9 Å². The monoisotopic (exact) mass is 456 g/mol. The highest BCUT2D eigenvalue weighted by Crippen LogP contribution is 2.32. The van der Waals surface area contributed by atoms with Crippen LogP contribution >= 0.6 is 34.0 Å². The summed E-state index contributed by atoms with van der Waals surface area (Å²) in [5.74, 6) is 0.604. The molecule has 0 unspecified atom stereocenters. The van der Waals surface area contributed by atoms with Crippen LogP contribution in [0, 0.1) is 13.8 Å². The minimum Gasteiger partial charge on any atom is -0.297 e. The maximum atomic E-state index is 13.1. The van der Waals surface area contributed by atoms with Gasteiger partial charge in [-0.3, -0.25) is 19.5 Å². The van der Waals surface area contributed by atoms with E-state index < -0.39 is 0 Å². The van der Waals surface area contributed by atoms with E-state index in [0.29, 0.717) is 32.3 Å². The quantitative estimate of drug-likeness (QED) is 0.457. The number of nitrogens with one attached hydrogen (secondary N) is 1. The number of anilines is 1. The third-order valence-corrected chi connectivity index (χ3v) is 8.30. The molecule has 0 aromatic carbocycles. The fourth-order valence-corrected chi connectivity index (χ4v) is 6.49. The normalized spacial score (nSPS) is 13.9. The second-order valence-electron chi connectivity index (χ2n) is 7.43. The summed E-state index contributed by atoms with van der Waals surface area (Å²) in [6.07, 6.45) is 3.97. The van der Waals surface area contributed by atoms with Gasteiger partial charge in [-0.2, -0.15) is 0 Å². The highest BCUT2D eigenvalue weighted by Gasteiger charge is 2.23. The number of aromatic nitrogens is 3. The number of amides is 1. The smallest absolute Gasteiger partial charge is 0.267 e. The number of carbonyl (C=O) groups excluding carboxylic acids is 1. The Kier molecular flexibility index (Phi) is 5.04. The predicted octanol–water partition coefficient (Wildman–Crippen LogP) is 5.24. The summed E-state index contributed by atoms with van der Waals surface area (Å²) >= 11 is 4.37. The number of hydrogen-bond acceptors (Lipinski definition) is 7. The predicted molar refractivity (Wildman–Crippen MR) is 124 cm³/mol. The maximum absolute atomic E-state index is 13.1. The van der Waals surface area contributed by atoms with E-state index in [0.717, 1.165) is 42.1 Å². The van der Waals surface area contributed by atoms with Crippen LogP contribution in [0.15, 0.2) is 22.3 Å². The molecule has 0 fully saturated rings.